The molecule has 3 rings (SSSR count). The molecule has 0 atom stereocenters. The largest absolute Gasteiger partial charge is 0.497 e. The number of benzene rings is 2. The number of halogens is 1. The van der Waals surface area contributed by atoms with Crippen molar-refractivity contribution in [3.8, 4) is 22.8 Å². The van der Waals surface area contributed by atoms with Gasteiger partial charge in [-0.25, -0.2) is 4.39 Å². The molecule has 0 spiro atoms. The molecule has 7 nitrogen and oxygen atoms in total. The molecular weight excluding hydrogens is 361 g/mol. The van der Waals surface area contributed by atoms with Crippen molar-refractivity contribution in [2.45, 2.75) is 4.90 Å². The van der Waals surface area contributed by atoms with Gasteiger partial charge in [-0.1, -0.05) is 0 Å². The fourth-order valence-corrected chi connectivity index (χ4v) is 3.58. The van der Waals surface area contributed by atoms with Gasteiger partial charge in [0.15, 0.2) is 0 Å². The SMILES string of the molecule is COc1cc(OC)cc(-c2cc(N)n(S(=O)(=O)c3ccc(F)cc3)n2)c1. The number of nitrogen functional groups attached to an aromatic ring is 1. The third-order valence-corrected chi connectivity index (χ3v) is 5.31. The van der Waals surface area contributed by atoms with Gasteiger partial charge in [0.05, 0.1) is 24.8 Å². The van der Waals surface area contributed by atoms with Crippen LogP contribution in [0.2, 0.25) is 0 Å². The minimum absolute atomic E-state index is 0.0777. The molecule has 0 aliphatic heterocycles. The molecule has 0 saturated carbocycles. The standard InChI is InChI=1S/C17H16FN3O4S/c1-24-13-7-11(8-14(9-13)25-2)16-10-17(19)21(20-16)26(22,23)15-5-3-12(18)4-6-15/h3-10H,19H2,1-2H3. The molecule has 0 saturated heterocycles. The van der Waals surface area contributed by atoms with Crippen molar-refractivity contribution in [1.82, 2.24) is 9.19 Å². The number of hydrogen-bond acceptors (Lipinski definition) is 6. The van der Waals surface area contributed by atoms with Gasteiger partial charge < -0.3 is 15.2 Å². The van der Waals surface area contributed by atoms with Gasteiger partial charge in [0, 0.05) is 17.7 Å². The van der Waals surface area contributed by atoms with Crippen LogP contribution in [-0.2, 0) is 10.0 Å². The first-order valence-electron chi connectivity index (χ1n) is 7.45. The van der Waals surface area contributed by atoms with E-state index in [-0.39, 0.29) is 10.7 Å². The minimum Gasteiger partial charge on any atom is -0.497 e. The van der Waals surface area contributed by atoms with Crippen LogP contribution in [0.3, 0.4) is 0 Å². The maximum absolute atomic E-state index is 13.1. The van der Waals surface area contributed by atoms with E-state index in [1.165, 1.54) is 20.3 Å². The van der Waals surface area contributed by atoms with E-state index in [1.54, 1.807) is 18.2 Å². The van der Waals surface area contributed by atoms with Crippen LogP contribution in [0.4, 0.5) is 10.2 Å². The topological polar surface area (TPSA) is 96.4 Å². The van der Waals surface area contributed by atoms with E-state index >= 15 is 0 Å². The number of aromatic nitrogens is 2. The summed E-state index contributed by atoms with van der Waals surface area (Å²) in [4.78, 5) is -0.122. The summed E-state index contributed by atoms with van der Waals surface area (Å²) in [6.45, 7) is 0. The Bertz CT molecular complexity index is 1020. The highest BCUT2D eigenvalue weighted by atomic mass is 32.2. The third kappa shape index (κ3) is 3.21. The molecule has 0 fully saturated rings. The molecule has 9 heteroatoms. The first-order chi connectivity index (χ1) is 12.3. The zero-order valence-electron chi connectivity index (χ0n) is 14.0. The maximum atomic E-state index is 13.1. The Labute approximate surface area is 149 Å². The second-order valence-corrected chi connectivity index (χ2v) is 7.13. The fourth-order valence-electron chi connectivity index (χ4n) is 2.38. The Morgan fingerprint density at radius 3 is 2.12 bits per heavy atom. The number of hydrogen-bond donors (Lipinski definition) is 1. The van der Waals surface area contributed by atoms with Gasteiger partial charge in [-0.15, -0.1) is 4.09 Å². The average molecular weight is 377 g/mol. The summed E-state index contributed by atoms with van der Waals surface area (Å²) in [5.41, 5.74) is 6.75. The lowest BCUT2D eigenvalue weighted by Crippen LogP contribution is -2.16. The lowest BCUT2D eigenvalue weighted by atomic mass is 10.1. The maximum Gasteiger partial charge on any atom is 0.284 e. The van der Waals surface area contributed by atoms with Gasteiger partial charge >= 0.3 is 0 Å². The number of anilines is 1. The van der Waals surface area contributed by atoms with Crippen molar-refractivity contribution in [3.63, 3.8) is 0 Å². The molecule has 1 heterocycles. The Morgan fingerprint density at radius 2 is 1.58 bits per heavy atom. The van der Waals surface area contributed by atoms with Crippen LogP contribution in [0.5, 0.6) is 11.5 Å². The first kappa shape index (κ1) is 17.7. The van der Waals surface area contributed by atoms with Crippen LogP contribution in [0, 0.1) is 5.82 Å². The van der Waals surface area contributed by atoms with E-state index in [0.29, 0.717) is 26.8 Å². The average Bonchev–Trinajstić information content (AvgIpc) is 3.04. The van der Waals surface area contributed by atoms with Crippen molar-refractivity contribution in [1.29, 1.82) is 0 Å². The molecule has 0 aliphatic carbocycles. The summed E-state index contributed by atoms with van der Waals surface area (Å²) < 4.78 is 49.6. The number of methoxy groups -OCH3 is 2. The van der Waals surface area contributed by atoms with Crippen molar-refractivity contribution >= 4 is 15.8 Å². The number of nitrogens with two attached hydrogens (primary N) is 1. The Balaban J connectivity index is 2.09. The van der Waals surface area contributed by atoms with E-state index in [0.717, 1.165) is 24.3 Å². The zero-order valence-corrected chi connectivity index (χ0v) is 14.8. The van der Waals surface area contributed by atoms with Gasteiger partial charge in [0.25, 0.3) is 10.0 Å². The predicted octanol–water partition coefficient (Wildman–Crippen LogP) is 2.53. The lowest BCUT2D eigenvalue weighted by Gasteiger charge is -2.07. The molecule has 0 unspecified atom stereocenters. The Kier molecular flexibility index (Phi) is 4.56. The number of ether oxygens (including phenoxy) is 2. The van der Waals surface area contributed by atoms with Crippen LogP contribution in [-0.4, -0.2) is 31.8 Å². The van der Waals surface area contributed by atoms with E-state index in [2.05, 4.69) is 5.10 Å². The molecule has 2 N–H and O–H groups in total. The van der Waals surface area contributed by atoms with Gasteiger partial charge in [0.2, 0.25) is 0 Å². The summed E-state index contributed by atoms with van der Waals surface area (Å²) in [7, 11) is -1.04. The van der Waals surface area contributed by atoms with E-state index < -0.39 is 15.8 Å². The van der Waals surface area contributed by atoms with Crippen LogP contribution >= 0.6 is 0 Å². The highest BCUT2D eigenvalue weighted by molar-refractivity contribution is 7.90. The molecule has 26 heavy (non-hydrogen) atoms. The van der Waals surface area contributed by atoms with E-state index in [9.17, 15) is 12.8 Å². The summed E-state index contributed by atoms with van der Waals surface area (Å²) >= 11 is 0. The molecule has 0 radical (unpaired) electrons. The van der Waals surface area contributed by atoms with Crippen molar-refractivity contribution in [2.75, 3.05) is 20.0 Å². The van der Waals surface area contributed by atoms with Crippen molar-refractivity contribution in [2.24, 2.45) is 0 Å². The van der Waals surface area contributed by atoms with Crippen LogP contribution in [0.1, 0.15) is 0 Å². The highest BCUT2D eigenvalue weighted by Crippen LogP contribution is 2.31. The van der Waals surface area contributed by atoms with Crippen molar-refractivity contribution in [3.05, 3.63) is 54.3 Å². The van der Waals surface area contributed by atoms with Crippen LogP contribution in [0.25, 0.3) is 11.3 Å². The van der Waals surface area contributed by atoms with Gasteiger partial charge in [0.1, 0.15) is 23.1 Å². The molecule has 136 valence electrons. The second-order valence-electron chi connectivity index (χ2n) is 5.36. The van der Waals surface area contributed by atoms with E-state index in [1.807, 2.05) is 0 Å². The molecular formula is C17H16FN3O4S. The quantitative estimate of drug-likeness (QED) is 0.734. The summed E-state index contributed by atoms with van der Waals surface area (Å²) in [5, 5.41) is 4.10. The smallest absolute Gasteiger partial charge is 0.284 e. The number of nitrogens with zero attached hydrogens (tertiary/aromatic N) is 2. The zero-order chi connectivity index (χ0) is 18.9. The fraction of sp³-hybridized carbons (Fsp3) is 0.118. The first-order valence-corrected chi connectivity index (χ1v) is 8.89. The minimum atomic E-state index is -4.05. The van der Waals surface area contributed by atoms with Crippen molar-refractivity contribution < 1.29 is 22.3 Å². The van der Waals surface area contributed by atoms with Gasteiger partial charge in [-0.3, -0.25) is 0 Å². The third-order valence-electron chi connectivity index (χ3n) is 3.69. The van der Waals surface area contributed by atoms with Gasteiger partial charge in [-0.2, -0.15) is 13.5 Å². The van der Waals surface area contributed by atoms with Crippen LogP contribution < -0.4 is 15.2 Å². The predicted molar refractivity (Wildman–Crippen MR) is 94.2 cm³/mol. The van der Waals surface area contributed by atoms with Gasteiger partial charge in [-0.05, 0) is 36.4 Å². The molecule has 0 amide bonds. The van der Waals surface area contributed by atoms with E-state index in [4.69, 9.17) is 15.2 Å². The summed E-state index contributed by atoms with van der Waals surface area (Å²) in [6.07, 6.45) is 0. The molecule has 2 aromatic carbocycles. The normalized spacial score (nSPS) is 11.3. The summed E-state index contributed by atoms with van der Waals surface area (Å²) in [5.74, 6) is 0.426. The summed E-state index contributed by atoms with van der Waals surface area (Å²) in [6, 6.07) is 10.9. The lowest BCUT2D eigenvalue weighted by molar-refractivity contribution is 0.394. The molecule has 1 aromatic heterocycles. The monoisotopic (exact) mass is 377 g/mol. The Hall–Kier alpha value is -3.07. The second kappa shape index (κ2) is 6.68. The molecule has 0 aliphatic rings. The molecule has 3 aromatic rings. The number of rotatable bonds is 5. The molecule has 0 bridgehead atoms. The van der Waals surface area contributed by atoms with Crippen LogP contribution in [0.15, 0.2) is 53.4 Å². The highest BCUT2D eigenvalue weighted by Gasteiger charge is 2.22. The Morgan fingerprint density at radius 1 is 1.00 bits per heavy atom.